The van der Waals surface area contributed by atoms with E-state index < -0.39 is 0 Å². The summed E-state index contributed by atoms with van der Waals surface area (Å²) in [6, 6.07) is 16.2. The van der Waals surface area contributed by atoms with Gasteiger partial charge in [-0.2, -0.15) is 0 Å². The van der Waals surface area contributed by atoms with E-state index in [9.17, 15) is 4.79 Å². The zero-order chi connectivity index (χ0) is 23.2. The molecule has 5 rings (SSSR count). The van der Waals surface area contributed by atoms with Crippen LogP contribution in [0.15, 0.2) is 48.5 Å². The van der Waals surface area contributed by atoms with Crippen LogP contribution in [0.3, 0.4) is 0 Å². The summed E-state index contributed by atoms with van der Waals surface area (Å²) in [6.07, 6.45) is 7.47. The molecule has 1 aliphatic carbocycles. The van der Waals surface area contributed by atoms with E-state index in [1.807, 2.05) is 36.4 Å². The van der Waals surface area contributed by atoms with Crippen LogP contribution >= 0.6 is 0 Å². The van der Waals surface area contributed by atoms with Crippen molar-refractivity contribution in [2.45, 2.75) is 50.7 Å². The fourth-order valence-electron chi connectivity index (χ4n) is 5.30. The number of carbonyl (C=O) groups is 1. The smallest absolute Gasteiger partial charge is 0.323 e. The highest BCUT2D eigenvalue weighted by Gasteiger charge is 2.26. The van der Waals surface area contributed by atoms with Crippen molar-refractivity contribution in [3.63, 3.8) is 0 Å². The van der Waals surface area contributed by atoms with E-state index in [-0.39, 0.29) is 6.03 Å². The summed E-state index contributed by atoms with van der Waals surface area (Å²) < 4.78 is 11.5. The van der Waals surface area contributed by atoms with Crippen LogP contribution in [0.4, 0.5) is 21.9 Å². The molecule has 182 valence electrons. The van der Waals surface area contributed by atoms with E-state index in [0.29, 0.717) is 12.1 Å². The minimum absolute atomic E-state index is 0.247. The van der Waals surface area contributed by atoms with Crippen molar-refractivity contribution in [1.82, 2.24) is 4.90 Å². The summed E-state index contributed by atoms with van der Waals surface area (Å²) in [7, 11) is 0. The first-order valence-corrected chi connectivity index (χ1v) is 12.7. The molecule has 3 aliphatic rings. The van der Waals surface area contributed by atoms with Gasteiger partial charge in [0.1, 0.15) is 5.75 Å². The highest BCUT2D eigenvalue weighted by molar-refractivity contribution is 5.99. The third-order valence-corrected chi connectivity index (χ3v) is 7.23. The minimum atomic E-state index is -0.247. The van der Waals surface area contributed by atoms with E-state index in [4.69, 9.17) is 9.47 Å². The number of morpholine rings is 1. The van der Waals surface area contributed by atoms with Crippen LogP contribution in [0.5, 0.6) is 5.75 Å². The second-order valence-corrected chi connectivity index (χ2v) is 9.54. The molecule has 0 spiro atoms. The quantitative estimate of drug-likeness (QED) is 0.633. The molecule has 0 atom stereocenters. The van der Waals surface area contributed by atoms with Crippen LogP contribution in [0, 0.1) is 0 Å². The molecule has 34 heavy (non-hydrogen) atoms. The number of benzene rings is 2. The maximum atomic E-state index is 12.4. The number of hydrogen-bond donors (Lipinski definition) is 2. The van der Waals surface area contributed by atoms with Gasteiger partial charge >= 0.3 is 6.03 Å². The minimum Gasteiger partial charge on any atom is -0.490 e. The van der Waals surface area contributed by atoms with E-state index in [1.54, 1.807) is 0 Å². The van der Waals surface area contributed by atoms with Gasteiger partial charge in [-0.1, -0.05) is 0 Å². The summed E-state index contributed by atoms with van der Waals surface area (Å²) in [4.78, 5) is 17.5. The fraction of sp³-hybridized carbons (Fsp3) is 0.519. The summed E-state index contributed by atoms with van der Waals surface area (Å²) in [5.41, 5.74) is 2.74. The highest BCUT2D eigenvalue weighted by atomic mass is 16.5. The molecule has 2 amide bonds. The Morgan fingerprint density at radius 2 is 1.38 bits per heavy atom. The van der Waals surface area contributed by atoms with Gasteiger partial charge in [0.15, 0.2) is 0 Å². The van der Waals surface area contributed by atoms with Crippen LogP contribution in [-0.4, -0.2) is 62.5 Å². The molecular formula is C27H36N4O3. The Labute approximate surface area is 202 Å². The van der Waals surface area contributed by atoms with Crippen molar-refractivity contribution in [2.24, 2.45) is 0 Å². The first-order valence-electron chi connectivity index (χ1n) is 12.7. The number of nitrogens with one attached hydrogen (secondary N) is 2. The molecule has 0 bridgehead atoms. The Hall–Kier alpha value is -2.77. The highest BCUT2D eigenvalue weighted by Crippen LogP contribution is 2.26. The topological polar surface area (TPSA) is 66.1 Å². The predicted molar refractivity (Wildman–Crippen MR) is 136 cm³/mol. The van der Waals surface area contributed by atoms with Gasteiger partial charge in [0.05, 0.1) is 19.3 Å². The Kier molecular flexibility index (Phi) is 7.51. The molecule has 1 saturated carbocycles. The van der Waals surface area contributed by atoms with Crippen LogP contribution in [0.2, 0.25) is 0 Å². The van der Waals surface area contributed by atoms with E-state index in [2.05, 4.69) is 32.6 Å². The van der Waals surface area contributed by atoms with Crippen LogP contribution in [-0.2, 0) is 4.74 Å². The molecular weight excluding hydrogens is 428 g/mol. The molecule has 2 aromatic carbocycles. The monoisotopic (exact) mass is 464 g/mol. The lowest BCUT2D eigenvalue weighted by Gasteiger charge is -2.40. The van der Waals surface area contributed by atoms with Crippen LogP contribution in [0.25, 0.3) is 0 Å². The summed E-state index contributed by atoms with van der Waals surface area (Å²) >= 11 is 0. The van der Waals surface area contributed by atoms with Crippen LogP contribution in [0.1, 0.15) is 38.5 Å². The SMILES string of the molecule is O=C(Nc1ccc(OC2CCCC2)cc1)Nc1ccc(N2CCC(N3CCOCC3)CC2)cc1. The average Bonchev–Trinajstić information content (AvgIpc) is 3.39. The Balaban J connectivity index is 1.07. The molecule has 2 N–H and O–H groups in total. The molecule has 0 radical (unpaired) electrons. The van der Waals surface area contributed by atoms with Crippen molar-refractivity contribution in [3.05, 3.63) is 48.5 Å². The first-order chi connectivity index (χ1) is 16.7. The van der Waals surface area contributed by atoms with Gasteiger partial charge in [-0.15, -0.1) is 0 Å². The van der Waals surface area contributed by atoms with E-state index >= 15 is 0 Å². The van der Waals surface area contributed by atoms with E-state index in [1.165, 1.54) is 31.4 Å². The lowest BCUT2D eigenvalue weighted by Crippen LogP contribution is -2.49. The van der Waals surface area contributed by atoms with Gasteiger partial charge in [0, 0.05) is 49.3 Å². The third-order valence-electron chi connectivity index (χ3n) is 7.23. The molecule has 7 heteroatoms. The van der Waals surface area contributed by atoms with Gasteiger partial charge < -0.3 is 25.0 Å². The molecule has 2 aliphatic heterocycles. The van der Waals surface area contributed by atoms with Gasteiger partial charge in [-0.05, 0) is 87.1 Å². The summed E-state index contributed by atoms with van der Waals surface area (Å²) in [5.74, 6) is 0.863. The van der Waals surface area contributed by atoms with Crippen molar-refractivity contribution < 1.29 is 14.3 Å². The largest absolute Gasteiger partial charge is 0.490 e. The second-order valence-electron chi connectivity index (χ2n) is 9.54. The van der Waals surface area contributed by atoms with Crippen molar-refractivity contribution in [1.29, 1.82) is 0 Å². The molecule has 2 aromatic rings. The predicted octanol–water partition coefficient (Wildman–Crippen LogP) is 4.95. The van der Waals surface area contributed by atoms with Gasteiger partial charge in [0.2, 0.25) is 0 Å². The Morgan fingerprint density at radius 3 is 2.00 bits per heavy atom. The van der Waals surface area contributed by atoms with Crippen molar-refractivity contribution in [2.75, 3.05) is 54.9 Å². The molecule has 3 fully saturated rings. The fourth-order valence-corrected chi connectivity index (χ4v) is 5.30. The number of rotatable bonds is 6. The summed E-state index contributed by atoms with van der Waals surface area (Å²) in [5, 5.41) is 5.82. The number of ether oxygens (including phenoxy) is 2. The molecule has 0 aromatic heterocycles. The third kappa shape index (κ3) is 6.02. The first kappa shape index (κ1) is 23.0. The van der Waals surface area contributed by atoms with Gasteiger partial charge in [-0.3, -0.25) is 4.90 Å². The molecule has 0 unspecified atom stereocenters. The maximum absolute atomic E-state index is 12.4. The molecule has 2 saturated heterocycles. The maximum Gasteiger partial charge on any atom is 0.323 e. The number of anilines is 3. The second kappa shape index (κ2) is 11.1. The number of amides is 2. The molecule has 7 nitrogen and oxygen atoms in total. The zero-order valence-corrected chi connectivity index (χ0v) is 19.9. The molecule has 2 heterocycles. The van der Waals surface area contributed by atoms with Crippen molar-refractivity contribution >= 4 is 23.1 Å². The number of piperidine rings is 1. The normalized spacial score (nSPS) is 20.3. The zero-order valence-electron chi connectivity index (χ0n) is 19.9. The average molecular weight is 465 g/mol. The van der Waals surface area contributed by atoms with Crippen molar-refractivity contribution in [3.8, 4) is 5.75 Å². The number of hydrogen-bond acceptors (Lipinski definition) is 5. The number of carbonyl (C=O) groups excluding carboxylic acids is 1. The van der Waals surface area contributed by atoms with Gasteiger partial charge in [-0.25, -0.2) is 4.79 Å². The van der Waals surface area contributed by atoms with E-state index in [0.717, 1.165) is 69.4 Å². The standard InChI is InChI=1S/C27H36N4O3/c32-27(29-22-7-11-26(12-8-22)34-25-3-1-2-4-25)28-21-5-9-23(10-6-21)30-15-13-24(14-16-30)31-17-19-33-20-18-31/h5-12,24-25H,1-4,13-20H2,(H2,28,29,32). The van der Waals surface area contributed by atoms with Gasteiger partial charge in [0.25, 0.3) is 0 Å². The number of urea groups is 1. The summed E-state index contributed by atoms with van der Waals surface area (Å²) in [6.45, 7) is 5.98. The lowest BCUT2D eigenvalue weighted by molar-refractivity contribution is 0.0115. The number of nitrogens with zero attached hydrogens (tertiary/aromatic N) is 2. The van der Waals surface area contributed by atoms with Crippen LogP contribution < -0.4 is 20.3 Å². The lowest BCUT2D eigenvalue weighted by atomic mass is 10.0. The Morgan fingerprint density at radius 1 is 0.794 bits per heavy atom. The Bertz CT molecular complexity index is 914.